The Morgan fingerprint density at radius 2 is 2.33 bits per heavy atom. The number of aromatic nitrogens is 2. The fourth-order valence-corrected chi connectivity index (χ4v) is 2.62. The van der Waals surface area contributed by atoms with Gasteiger partial charge in [0.15, 0.2) is 0 Å². The lowest BCUT2D eigenvalue weighted by molar-refractivity contribution is 0.264. The van der Waals surface area contributed by atoms with E-state index in [4.69, 9.17) is 0 Å². The van der Waals surface area contributed by atoms with Crippen LogP contribution in [0.15, 0.2) is 12.5 Å². The molecule has 4 nitrogen and oxygen atoms in total. The molecule has 2 rings (SSSR count). The summed E-state index contributed by atoms with van der Waals surface area (Å²) in [6, 6.07) is 0.518. The van der Waals surface area contributed by atoms with Crippen molar-refractivity contribution in [2.75, 3.05) is 27.2 Å². The quantitative estimate of drug-likeness (QED) is 0.791. The Morgan fingerprint density at radius 1 is 1.53 bits per heavy atom. The topological polar surface area (TPSA) is 33.1 Å². The maximum absolute atomic E-state index is 4.21. The minimum atomic E-state index is 0.518. The van der Waals surface area contributed by atoms with Crippen LogP contribution in [0.25, 0.3) is 0 Å². The fraction of sp³-hybridized carbons (Fsp3) is 0.727. The first kappa shape index (κ1) is 10.6. The Balaban J connectivity index is 2.21. The Morgan fingerprint density at radius 3 is 2.93 bits per heavy atom. The summed E-state index contributed by atoms with van der Waals surface area (Å²) in [6.45, 7) is 2.27. The first-order chi connectivity index (χ1) is 7.24. The van der Waals surface area contributed by atoms with Crippen LogP contribution in [0.2, 0.25) is 0 Å². The van der Waals surface area contributed by atoms with Crippen molar-refractivity contribution in [1.29, 1.82) is 0 Å². The molecule has 0 spiro atoms. The number of aryl methyl sites for hydroxylation is 1. The van der Waals surface area contributed by atoms with Gasteiger partial charge in [0.1, 0.15) is 0 Å². The molecule has 1 aromatic heterocycles. The third kappa shape index (κ3) is 1.92. The highest BCUT2D eigenvalue weighted by Gasteiger charge is 2.33. The molecule has 0 aliphatic carbocycles. The van der Waals surface area contributed by atoms with Gasteiger partial charge in [0.05, 0.1) is 18.1 Å². The van der Waals surface area contributed by atoms with Gasteiger partial charge in [0.25, 0.3) is 0 Å². The van der Waals surface area contributed by atoms with Gasteiger partial charge < -0.3 is 9.88 Å². The van der Waals surface area contributed by atoms with Gasteiger partial charge in [0.2, 0.25) is 0 Å². The molecule has 15 heavy (non-hydrogen) atoms. The molecule has 0 saturated carbocycles. The molecule has 1 aliphatic heterocycles. The summed E-state index contributed by atoms with van der Waals surface area (Å²) in [4.78, 5) is 6.64. The minimum Gasteiger partial charge on any atom is -0.336 e. The lowest BCUT2D eigenvalue weighted by Gasteiger charge is -2.25. The number of rotatable bonds is 3. The van der Waals surface area contributed by atoms with E-state index in [1.165, 1.54) is 18.7 Å². The summed E-state index contributed by atoms with van der Waals surface area (Å²) in [5, 5.41) is 3.29. The third-order valence-corrected chi connectivity index (χ3v) is 3.40. The van der Waals surface area contributed by atoms with Gasteiger partial charge >= 0.3 is 0 Å². The predicted octanol–water partition coefficient (Wildman–Crippen LogP) is 0.632. The zero-order valence-electron chi connectivity index (χ0n) is 9.77. The fourth-order valence-electron chi connectivity index (χ4n) is 2.62. The molecule has 1 aliphatic rings. The molecule has 2 heterocycles. The van der Waals surface area contributed by atoms with Crippen LogP contribution in [0.5, 0.6) is 0 Å². The van der Waals surface area contributed by atoms with E-state index < -0.39 is 0 Å². The van der Waals surface area contributed by atoms with Gasteiger partial charge in [0, 0.05) is 13.2 Å². The number of imidazole rings is 1. The zero-order chi connectivity index (χ0) is 10.8. The largest absolute Gasteiger partial charge is 0.336 e. The molecule has 0 bridgehead atoms. The standard InChI is InChI=1S/C11H20N4/c1-12-6-9-4-5-14(2)11(9)10-7-13-8-15(10)3/h7-9,11-12H,4-6H2,1-3H3. The van der Waals surface area contributed by atoms with E-state index in [0.717, 1.165) is 6.54 Å². The van der Waals surface area contributed by atoms with E-state index in [1.807, 2.05) is 19.6 Å². The predicted molar refractivity (Wildman–Crippen MR) is 60.6 cm³/mol. The van der Waals surface area contributed by atoms with E-state index in [9.17, 15) is 0 Å². The monoisotopic (exact) mass is 208 g/mol. The van der Waals surface area contributed by atoms with Crippen LogP contribution in [0.4, 0.5) is 0 Å². The molecule has 1 N–H and O–H groups in total. The van der Waals surface area contributed by atoms with E-state index in [1.54, 1.807) is 0 Å². The molecule has 84 valence electrons. The van der Waals surface area contributed by atoms with Crippen LogP contribution in [0.3, 0.4) is 0 Å². The van der Waals surface area contributed by atoms with Gasteiger partial charge in [-0.25, -0.2) is 4.98 Å². The molecule has 1 fully saturated rings. The summed E-state index contributed by atoms with van der Waals surface area (Å²) in [6.07, 6.45) is 5.15. The van der Waals surface area contributed by atoms with Gasteiger partial charge in [-0.05, 0) is 39.5 Å². The normalized spacial score (nSPS) is 27.4. The molecule has 0 aromatic carbocycles. The molecule has 1 aromatic rings. The molecule has 1 saturated heterocycles. The summed E-state index contributed by atoms with van der Waals surface area (Å²) < 4.78 is 2.13. The summed E-state index contributed by atoms with van der Waals surface area (Å²) in [7, 11) is 6.30. The summed E-state index contributed by atoms with van der Waals surface area (Å²) in [5.41, 5.74) is 1.33. The molecule has 2 unspecified atom stereocenters. The summed E-state index contributed by atoms with van der Waals surface area (Å²) >= 11 is 0. The van der Waals surface area contributed by atoms with Gasteiger partial charge in [-0.1, -0.05) is 0 Å². The molecular weight excluding hydrogens is 188 g/mol. The van der Waals surface area contributed by atoms with Crippen LogP contribution < -0.4 is 5.32 Å². The zero-order valence-corrected chi connectivity index (χ0v) is 9.77. The van der Waals surface area contributed by atoms with Crippen molar-refractivity contribution in [2.24, 2.45) is 13.0 Å². The SMILES string of the molecule is CNCC1CCN(C)C1c1cncn1C. The lowest BCUT2D eigenvalue weighted by atomic mass is 9.98. The Hall–Kier alpha value is -0.870. The highest BCUT2D eigenvalue weighted by atomic mass is 15.2. The Labute approximate surface area is 91.3 Å². The highest BCUT2D eigenvalue weighted by molar-refractivity contribution is 5.09. The Kier molecular flexibility index (Phi) is 3.07. The second-order valence-electron chi connectivity index (χ2n) is 4.46. The van der Waals surface area contributed by atoms with Crippen molar-refractivity contribution in [1.82, 2.24) is 19.8 Å². The lowest BCUT2D eigenvalue weighted by Crippen LogP contribution is -2.28. The highest BCUT2D eigenvalue weighted by Crippen LogP contribution is 2.35. The van der Waals surface area contributed by atoms with Crippen molar-refractivity contribution in [3.63, 3.8) is 0 Å². The van der Waals surface area contributed by atoms with E-state index in [-0.39, 0.29) is 0 Å². The van der Waals surface area contributed by atoms with Crippen LogP contribution in [0, 0.1) is 5.92 Å². The van der Waals surface area contributed by atoms with Crippen molar-refractivity contribution in [3.05, 3.63) is 18.2 Å². The number of nitrogens with zero attached hydrogens (tertiary/aromatic N) is 3. The number of nitrogens with one attached hydrogen (secondary N) is 1. The van der Waals surface area contributed by atoms with E-state index in [2.05, 4.69) is 33.9 Å². The average molecular weight is 208 g/mol. The van der Waals surface area contributed by atoms with Gasteiger partial charge in [-0.3, -0.25) is 4.90 Å². The number of likely N-dealkylation sites (tertiary alicyclic amines) is 1. The Bertz CT molecular complexity index is 318. The van der Waals surface area contributed by atoms with E-state index in [0.29, 0.717) is 12.0 Å². The molecular formula is C11H20N4. The van der Waals surface area contributed by atoms with Crippen molar-refractivity contribution in [3.8, 4) is 0 Å². The molecule has 2 atom stereocenters. The third-order valence-electron chi connectivity index (χ3n) is 3.40. The van der Waals surface area contributed by atoms with Crippen molar-refractivity contribution < 1.29 is 0 Å². The van der Waals surface area contributed by atoms with Crippen LogP contribution >= 0.6 is 0 Å². The maximum atomic E-state index is 4.21. The maximum Gasteiger partial charge on any atom is 0.0946 e. The van der Waals surface area contributed by atoms with Gasteiger partial charge in [-0.15, -0.1) is 0 Å². The summed E-state index contributed by atoms with van der Waals surface area (Å²) in [5.74, 6) is 0.704. The van der Waals surface area contributed by atoms with Crippen LogP contribution in [-0.4, -0.2) is 41.6 Å². The number of hydrogen-bond donors (Lipinski definition) is 1. The minimum absolute atomic E-state index is 0.518. The average Bonchev–Trinajstić information content (AvgIpc) is 2.75. The molecule has 0 amide bonds. The van der Waals surface area contributed by atoms with E-state index >= 15 is 0 Å². The van der Waals surface area contributed by atoms with Gasteiger partial charge in [-0.2, -0.15) is 0 Å². The van der Waals surface area contributed by atoms with Crippen molar-refractivity contribution >= 4 is 0 Å². The number of hydrogen-bond acceptors (Lipinski definition) is 3. The second kappa shape index (κ2) is 4.33. The first-order valence-corrected chi connectivity index (χ1v) is 5.55. The molecule has 4 heteroatoms. The second-order valence-corrected chi connectivity index (χ2v) is 4.46. The first-order valence-electron chi connectivity index (χ1n) is 5.55. The van der Waals surface area contributed by atoms with Crippen LogP contribution in [-0.2, 0) is 7.05 Å². The smallest absolute Gasteiger partial charge is 0.0946 e. The molecule has 0 radical (unpaired) electrons. The van der Waals surface area contributed by atoms with Crippen molar-refractivity contribution in [2.45, 2.75) is 12.5 Å². The van der Waals surface area contributed by atoms with Crippen LogP contribution in [0.1, 0.15) is 18.2 Å².